The molecule has 0 heterocycles. The lowest BCUT2D eigenvalue weighted by molar-refractivity contribution is -0.146. The Morgan fingerprint density at radius 1 is 1.14 bits per heavy atom. The van der Waals surface area contributed by atoms with E-state index in [1.165, 1.54) is 0 Å². The molecule has 2 aliphatic rings. The normalized spacial score (nSPS) is 36.4. The summed E-state index contributed by atoms with van der Waals surface area (Å²) in [6, 6.07) is 0. The van der Waals surface area contributed by atoms with Crippen molar-refractivity contribution in [2.45, 2.75) is 58.0 Å². The Morgan fingerprint density at radius 2 is 1.81 bits per heavy atom. The van der Waals surface area contributed by atoms with Crippen molar-refractivity contribution in [3.63, 3.8) is 0 Å². The van der Waals surface area contributed by atoms with Crippen LogP contribution in [-0.4, -0.2) is 34.7 Å². The number of carboxylic acid groups (broad SMARTS) is 1. The second-order valence-corrected chi connectivity index (χ2v) is 6.65. The Bertz CT molecular complexity index is 384. The number of hydrogen-bond donors (Lipinski definition) is 3. The van der Waals surface area contributed by atoms with Crippen LogP contribution < -0.4 is 5.32 Å². The van der Waals surface area contributed by atoms with Gasteiger partial charge < -0.3 is 15.5 Å². The first-order valence-electron chi connectivity index (χ1n) is 8.21. The molecule has 5 atom stereocenters. The molecule has 21 heavy (non-hydrogen) atoms. The molecule has 0 aromatic carbocycles. The van der Waals surface area contributed by atoms with Crippen molar-refractivity contribution in [3.8, 4) is 0 Å². The summed E-state index contributed by atoms with van der Waals surface area (Å²) in [5, 5.41) is 22.1. The fourth-order valence-electron chi connectivity index (χ4n) is 3.83. The maximum atomic E-state index is 12.3. The lowest BCUT2D eigenvalue weighted by Gasteiger charge is -2.28. The van der Waals surface area contributed by atoms with E-state index in [1.54, 1.807) is 0 Å². The second-order valence-electron chi connectivity index (χ2n) is 6.65. The third kappa shape index (κ3) is 3.96. The summed E-state index contributed by atoms with van der Waals surface area (Å²) in [7, 11) is 0. The average molecular weight is 297 g/mol. The number of aliphatic hydroxyl groups excluding tert-OH is 1. The highest BCUT2D eigenvalue weighted by molar-refractivity contribution is 5.85. The Morgan fingerprint density at radius 3 is 2.43 bits per heavy atom. The summed E-state index contributed by atoms with van der Waals surface area (Å²) in [6.07, 6.45) is 5.76. The Hall–Kier alpha value is -1.10. The van der Waals surface area contributed by atoms with Gasteiger partial charge in [0.05, 0.1) is 17.9 Å². The van der Waals surface area contributed by atoms with E-state index in [4.69, 9.17) is 0 Å². The summed E-state index contributed by atoms with van der Waals surface area (Å²) in [6.45, 7) is 2.52. The number of nitrogens with one attached hydrogen (secondary N) is 1. The van der Waals surface area contributed by atoms with E-state index in [1.807, 2.05) is 6.92 Å². The Balaban J connectivity index is 1.88. The molecular formula is C16H27NO4. The largest absolute Gasteiger partial charge is 0.481 e. The standard InChI is InChI=1S/C16H27NO4/c1-2-10-7-12(13(8-10)16(20)21)15(19)17-9-11-5-3-4-6-14(11)18/h10-14,18H,2-9H2,1H3,(H,17,19)(H,20,21). The maximum Gasteiger partial charge on any atom is 0.307 e. The number of amides is 1. The second kappa shape index (κ2) is 7.25. The van der Waals surface area contributed by atoms with Gasteiger partial charge in [0.25, 0.3) is 0 Å². The molecule has 0 spiro atoms. The van der Waals surface area contributed by atoms with Gasteiger partial charge in [-0.05, 0) is 31.6 Å². The van der Waals surface area contributed by atoms with Crippen LogP contribution >= 0.6 is 0 Å². The number of aliphatic hydroxyl groups is 1. The van der Waals surface area contributed by atoms with Gasteiger partial charge in [-0.3, -0.25) is 9.59 Å². The maximum absolute atomic E-state index is 12.3. The zero-order valence-electron chi connectivity index (χ0n) is 12.8. The van der Waals surface area contributed by atoms with Gasteiger partial charge in [0.15, 0.2) is 0 Å². The number of carbonyl (C=O) groups is 2. The Kier molecular flexibility index (Phi) is 5.62. The van der Waals surface area contributed by atoms with Crippen LogP contribution in [0.3, 0.4) is 0 Å². The number of aliphatic carboxylic acids is 1. The predicted octanol–water partition coefficient (Wildman–Crippen LogP) is 1.79. The lowest BCUT2D eigenvalue weighted by atomic mass is 9.86. The molecule has 5 unspecified atom stereocenters. The van der Waals surface area contributed by atoms with Gasteiger partial charge in [0, 0.05) is 12.5 Å². The van der Waals surface area contributed by atoms with E-state index in [-0.39, 0.29) is 17.9 Å². The minimum absolute atomic E-state index is 0.120. The van der Waals surface area contributed by atoms with Crippen molar-refractivity contribution >= 4 is 11.9 Å². The molecule has 5 nitrogen and oxygen atoms in total. The number of rotatable bonds is 5. The first-order chi connectivity index (χ1) is 10.0. The van der Waals surface area contributed by atoms with E-state index in [0.717, 1.165) is 32.1 Å². The van der Waals surface area contributed by atoms with Crippen LogP contribution in [0.15, 0.2) is 0 Å². The van der Waals surface area contributed by atoms with E-state index in [2.05, 4.69) is 5.32 Å². The van der Waals surface area contributed by atoms with Gasteiger partial charge in [-0.2, -0.15) is 0 Å². The SMILES string of the molecule is CCC1CC(C(=O)O)C(C(=O)NCC2CCCCC2O)C1. The molecule has 2 rings (SSSR count). The summed E-state index contributed by atoms with van der Waals surface area (Å²) < 4.78 is 0. The zero-order valence-corrected chi connectivity index (χ0v) is 12.8. The molecule has 1 amide bonds. The minimum Gasteiger partial charge on any atom is -0.481 e. The summed E-state index contributed by atoms with van der Waals surface area (Å²) in [4.78, 5) is 23.6. The molecule has 0 aromatic heterocycles. The molecule has 0 saturated heterocycles. The van der Waals surface area contributed by atoms with Gasteiger partial charge in [-0.1, -0.05) is 26.2 Å². The van der Waals surface area contributed by atoms with Gasteiger partial charge in [-0.25, -0.2) is 0 Å². The first kappa shape index (κ1) is 16.3. The van der Waals surface area contributed by atoms with E-state index in [0.29, 0.717) is 25.3 Å². The van der Waals surface area contributed by atoms with Crippen LogP contribution in [0.4, 0.5) is 0 Å². The van der Waals surface area contributed by atoms with Crippen LogP contribution in [0.2, 0.25) is 0 Å². The topological polar surface area (TPSA) is 86.6 Å². The third-order valence-corrected chi connectivity index (χ3v) is 5.30. The smallest absolute Gasteiger partial charge is 0.307 e. The van der Waals surface area contributed by atoms with E-state index < -0.39 is 17.8 Å². The molecule has 5 heteroatoms. The van der Waals surface area contributed by atoms with Crippen molar-refractivity contribution in [1.29, 1.82) is 0 Å². The summed E-state index contributed by atoms with van der Waals surface area (Å²) in [5.41, 5.74) is 0. The highest BCUT2D eigenvalue weighted by atomic mass is 16.4. The zero-order chi connectivity index (χ0) is 15.4. The number of carboxylic acids is 1. The van der Waals surface area contributed by atoms with Crippen LogP contribution in [0.1, 0.15) is 51.9 Å². The molecule has 0 bridgehead atoms. The molecule has 2 saturated carbocycles. The fourth-order valence-corrected chi connectivity index (χ4v) is 3.83. The van der Waals surface area contributed by atoms with Crippen molar-refractivity contribution in [3.05, 3.63) is 0 Å². The highest BCUT2D eigenvalue weighted by Crippen LogP contribution is 2.38. The van der Waals surface area contributed by atoms with Crippen molar-refractivity contribution in [2.24, 2.45) is 23.7 Å². The first-order valence-corrected chi connectivity index (χ1v) is 8.21. The molecule has 2 fully saturated rings. The molecule has 0 aromatic rings. The molecular weight excluding hydrogens is 270 g/mol. The van der Waals surface area contributed by atoms with Gasteiger partial charge in [0.1, 0.15) is 0 Å². The minimum atomic E-state index is -0.858. The molecule has 2 aliphatic carbocycles. The monoisotopic (exact) mass is 297 g/mol. The molecule has 0 radical (unpaired) electrons. The lowest BCUT2D eigenvalue weighted by Crippen LogP contribution is -2.41. The van der Waals surface area contributed by atoms with E-state index in [9.17, 15) is 19.8 Å². The van der Waals surface area contributed by atoms with Crippen LogP contribution in [0.5, 0.6) is 0 Å². The fraction of sp³-hybridized carbons (Fsp3) is 0.875. The van der Waals surface area contributed by atoms with Crippen LogP contribution in [0, 0.1) is 23.7 Å². The van der Waals surface area contributed by atoms with Crippen LogP contribution in [-0.2, 0) is 9.59 Å². The Labute approximate surface area is 126 Å². The summed E-state index contributed by atoms with van der Waals surface area (Å²) in [5.74, 6) is -1.50. The number of hydrogen-bond acceptors (Lipinski definition) is 3. The van der Waals surface area contributed by atoms with E-state index >= 15 is 0 Å². The van der Waals surface area contributed by atoms with Gasteiger partial charge in [-0.15, -0.1) is 0 Å². The van der Waals surface area contributed by atoms with Gasteiger partial charge >= 0.3 is 5.97 Å². The highest BCUT2D eigenvalue weighted by Gasteiger charge is 2.42. The number of carbonyl (C=O) groups excluding carboxylic acids is 1. The third-order valence-electron chi connectivity index (χ3n) is 5.30. The average Bonchev–Trinajstić information content (AvgIpc) is 2.90. The molecule has 3 N–H and O–H groups in total. The van der Waals surface area contributed by atoms with Crippen molar-refractivity contribution in [2.75, 3.05) is 6.54 Å². The quantitative estimate of drug-likeness (QED) is 0.722. The molecule has 120 valence electrons. The predicted molar refractivity (Wildman–Crippen MR) is 78.6 cm³/mol. The van der Waals surface area contributed by atoms with Crippen LogP contribution in [0.25, 0.3) is 0 Å². The van der Waals surface area contributed by atoms with Gasteiger partial charge in [0.2, 0.25) is 5.91 Å². The molecule has 0 aliphatic heterocycles. The van der Waals surface area contributed by atoms with Crippen molar-refractivity contribution < 1.29 is 19.8 Å². The van der Waals surface area contributed by atoms with Crippen molar-refractivity contribution in [1.82, 2.24) is 5.32 Å². The summed E-state index contributed by atoms with van der Waals surface area (Å²) >= 11 is 0.